The van der Waals surface area contributed by atoms with Gasteiger partial charge in [-0.25, -0.2) is 0 Å². The molecule has 2 N–H and O–H groups in total. The summed E-state index contributed by atoms with van der Waals surface area (Å²) < 4.78 is 3.69. The maximum Gasteiger partial charge on any atom is 0.126 e. The molecule has 3 heteroatoms. The lowest BCUT2D eigenvalue weighted by Crippen LogP contribution is -2.23. The number of halogens is 1. The van der Waals surface area contributed by atoms with Crippen molar-refractivity contribution in [2.24, 2.45) is 10.2 Å². The number of nitrogens with zero attached hydrogens (tertiary/aromatic N) is 1. The van der Waals surface area contributed by atoms with Gasteiger partial charge < -0.3 is 5.73 Å². The number of benzene rings is 2. The van der Waals surface area contributed by atoms with E-state index in [1.54, 1.807) is 0 Å². The van der Waals surface area contributed by atoms with Crippen LogP contribution < -0.4 is 5.73 Å². The molecule has 0 saturated heterocycles. The maximum atomic E-state index is 6.04. The fraction of sp³-hybridized carbons (Fsp3) is 0.0625. The number of rotatable bonds is 1. The van der Waals surface area contributed by atoms with Gasteiger partial charge in [0.15, 0.2) is 0 Å². The van der Waals surface area contributed by atoms with Gasteiger partial charge in [-0.2, -0.15) is 4.51 Å². The van der Waals surface area contributed by atoms with E-state index in [4.69, 9.17) is 17.5 Å². The van der Waals surface area contributed by atoms with E-state index in [-0.39, 0.29) is 5.92 Å². The van der Waals surface area contributed by atoms with Crippen molar-refractivity contribution in [3.8, 4) is 0 Å². The van der Waals surface area contributed by atoms with Gasteiger partial charge in [0.1, 0.15) is 5.84 Å². The average molecular weight is 269 g/mol. The summed E-state index contributed by atoms with van der Waals surface area (Å²) in [5.41, 5.74) is 10.6. The van der Waals surface area contributed by atoms with E-state index in [1.165, 1.54) is 0 Å². The third-order valence-electron chi connectivity index (χ3n) is 3.45. The summed E-state index contributed by atoms with van der Waals surface area (Å²) in [4.78, 5) is 0. The second-order valence-electron chi connectivity index (χ2n) is 4.53. The van der Waals surface area contributed by atoms with Crippen molar-refractivity contribution in [2.45, 2.75) is 5.92 Å². The molecule has 0 radical (unpaired) electrons. The molecule has 0 aliphatic heterocycles. The van der Waals surface area contributed by atoms with Crippen LogP contribution in [0.15, 0.2) is 53.0 Å². The molecule has 3 rings (SSSR count). The first-order chi connectivity index (χ1) is 9.31. The van der Waals surface area contributed by atoms with Gasteiger partial charge >= 0.3 is 0 Å². The molecular weight excluding hydrogens is 256 g/mol. The molecule has 0 aromatic heterocycles. The molecule has 0 unspecified atom stereocenters. The first kappa shape index (κ1) is 12.0. The van der Waals surface area contributed by atoms with Crippen LogP contribution in [0.1, 0.15) is 28.2 Å². The molecule has 1 aliphatic rings. The Morgan fingerprint density at radius 1 is 0.895 bits per heavy atom. The van der Waals surface area contributed by atoms with E-state index in [1.807, 2.05) is 24.3 Å². The summed E-state index contributed by atoms with van der Waals surface area (Å²) in [5.74, 6) is 0.324. The predicted octanol–water partition coefficient (Wildman–Crippen LogP) is 3.81. The number of fused-ring (bicyclic) bond motifs is 2. The molecule has 0 amide bonds. The van der Waals surface area contributed by atoms with Crippen molar-refractivity contribution < 1.29 is 0 Å². The van der Waals surface area contributed by atoms with Crippen molar-refractivity contribution in [2.75, 3.05) is 0 Å². The zero-order valence-electron chi connectivity index (χ0n) is 10.3. The van der Waals surface area contributed by atoms with Gasteiger partial charge in [-0.15, -0.1) is 0 Å². The van der Waals surface area contributed by atoms with Gasteiger partial charge in [0.2, 0.25) is 0 Å². The van der Waals surface area contributed by atoms with Gasteiger partial charge in [-0.05, 0) is 22.3 Å². The molecule has 0 fully saturated rings. The minimum Gasteiger partial charge on any atom is -0.385 e. The van der Waals surface area contributed by atoms with Gasteiger partial charge in [-0.1, -0.05) is 60.7 Å². The lowest BCUT2D eigenvalue weighted by atomic mass is 9.87. The van der Waals surface area contributed by atoms with E-state index >= 15 is 0 Å². The Morgan fingerprint density at radius 2 is 1.37 bits per heavy atom. The molecule has 94 valence electrons. The first-order valence-electron chi connectivity index (χ1n) is 6.11. The highest BCUT2D eigenvalue weighted by Gasteiger charge is 2.24. The molecule has 0 atom stereocenters. The Morgan fingerprint density at radius 3 is 1.84 bits per heavy atom. The molecule has 0 bridgehead atoms. The molecular formula is C16H13ClN2. The van der Waals surface area contributed by atoms with Gasteiger partial charge in [0.05, 0.1) is 5.92 Å². The van der Waals surface area contributed by atoms with Crippen LogP contribution in [0.25, 0.3) is 12.2 Å². The van der Waals surface area contributed by atoms with Crippen LogP contribution in [-0.2, 0) is 0 Å². The Kier molecular flexibility index (Phi) is 3.10. The first-order valence-corrected chi connectivity index (χ1v) is 6.45. The number of amidine groups is 1. The summed E-state index contributed by atoms with van der Waals surface area (Å²) in [6.07, 6.45) is 4.21. The summed E-state index contributed by atoms with van der Waals surface area (Å²) in [6.45, 7) is 0. The lowest BCUT2D eigenvalue weighted by Gasteiger charge is -2.19. The topological polar surface area (TPSA) is 38.4 Å². The van der Waals surface area contributed by atoms with Crippen molar-refractivity contribution in [3.05, 3.63) is 70.8 Å². The second-order valence-corrected chi connectivity index (χ2v) is 4.70. The summed E-state index contributed by atoms with van der Waals surface area (Å²) in [6, 6.07) is 16.3. The van der Waals surface area contributed by atoms with E-state index in [9.17, 15) is 0 Å². The summed E-state index contributed by atoms with van der Waals surface area (Å²) in [7, 11) is 0. The van der Waals surface area contributed by atoms with E-state index < -0.39 is 0 Å². The third kappa shape index (κ3) is 2.04. The molecule has 19 heavy (non-hydrogen) atoms. The molecule has 2 aromatic rings. The highest BCUT2D eigenvalue weighted by molar-refractivity contribution is 6.20. The Hall–Kier alpha value is -2.06. The smallest absolute Gasteiger partial charge is 0.126 e. The summed E-state index contributed by atoms with van der Waals surface area (Å²) >= 11 is 5.61. The van der Waals surface area contributed by atoms with Gasteiger partial charge in [0.25, 0.3) is 0 Å². The van der Waals surface area contributed by atoms with Crippen molar-refractivity contribution in [1.82, 2.24) is 0 Å². The highest BCUT2D eigenvalue weighted by atomic mass is 35.5. The van der Waals surface area contributed by atoms with E-state index in [2.05, 4.69) is 40.9 Å². The maximum absolute atomic E-state index is 6.04. The third-order valence-corrected chi connectivity index (χ3v) is 3.65. The van der Waals surface area contributed by atoms with Crippen LogP contribution in [0.5, 0.6) is 0 Å². The molecule has 0 saturated carbocycles. The minimum absolute atomic E-state index is 0.0973. The normalized spacial score (nSPS) is 14.7. The Bertz CT molecular complexity index is 624. The Labute approximate surface area is 117 Å². The van der Waals surface area contributed by atoms with Crippen LogP contribution >= 0.6 is 11.8 Å². The fourth-order valence-corrected chi connectivity index (χ4v) is 2.66. The number of hydrogen-bond acceptors (Lipinski definition) is 1. The average Bonchev–Trinajstić information content (AvgIpc) is 2.63. The van der Waals surface area contributed by atoms with Crippen LogP contribution in [0.3, 0.4) is 0 Å². The quantitative estimate of drug-likeness (QED) is 0.620. The molecule has 2 aromatic carbocycles. The zero-order chi connectivity index (χ0) is 13.2. The van der Waals surface area contributed by atoms with E-state index in [0.29, 0.717) is 5.84 Å². The monoisotopic (exact) mass is 268 g/mol. The fourth-order valence-electron chi connectivity index (χ4n) is 2.57. The Balaban J connectivity index is 2.30. The molecule has 2 nitrogen and oxygen atoms in total. The molecule has 1 aliphatic carbocycles. The second kappa shape index (κ2) is 4.90. The van der Waals surface area contributed by atoms with Crippen molar-refractivity contribution in [1.29, 1.82) is 0 Å². The van der Waals surface area contributed by atoms with Crippen LogP contribution in [0.4, 0.5) is 0 Å². The zero-order valence-corrected chi connectivity index (χ0v) is 11.0. The van der Waals surface area contributed by atoms with Gasteiger partial charge in [-0.3, -0.25) is 0 Å². The lowest BCUT2D eigenvalue weighted by molar-refractivity contribution is 1.06. The largest absolute Gasteiger partial charge is 0.385 e. The van der Waals surface area contributed by atoms with E-state index in [0.717, 1.165) is 22.3 Å². The molecule has 0 spiro atoms. The number of nitrogens with two attached hydrogens (primary N) is 1. The van der Waals surface area contributed by atoms with Crippen LogP contribution in [0.2, 0.25) is 0 Å². The number of hydrogen-bond donors (Lipinski definition) is 1. The predicted molar refractivity (Wildman–Crippen MR) is 81.1 cm³/mol. The van der Waals surface area contributed by atoms with Crippen LogP contribution in [0, 0.1) is 0 Å². The standard InChI is InChI=1S/C16H13ClN2/c17-19-16(18)15-13-7-3-1-5-11(13)9-10-12-6-2-4-8-14(12)15/h1-10,15H,(H2,18,19). The highest BCUT2D eigenvalue weighted by Crippen LogP contribution is 2.34. The minimum atomic E-state index is -0.0973. The summed E-state index contributed by atoms with van der Waals surface area (Å²) in [5, 5.41) is 0. The van der Waals surface area contributed by atoms with Crippen LogP contribution in [-0.4, -0.2) is 5.84 Å². The molecule has 0 heterocycles. The van der Waals surface area contributed by atoms with Crippen molar-refractivity contribution in [3.63, 3.8) is 0 Å². The SMILES string of the molecule is NC(=NCl)C1c2ccccc2C=Cc2ccccc21. The van der Waals surface area contributed by atoms with Gasteiger partial charge in [0, 0.05) is 11.8 Å². The van der Waals surface area contributed by atoms with Crippen molar-refractivity contribution >= 4 is 29.8 Å².